The number of benzene rings is 1. The van der Waals surface area contributed by atoms with Crippen LogP contribution in [0.2, 0.25) is 0 Å². The summed E-state index contributed by atoms with van der Waals surface area (Å²) in [4.78, 5) is 15.3. The Morgan fingerprint density at radius 3 is 2.71 bits per heavy atom. The second-order valence-electron chi connectivity index (χ2n) is 5.74. The zero-order valence-electron chi connectivity index (χ0n) is 12.8. The van der Waals surface area contributed by atoms with Gasteiger partial charge in [-0.3, -0.25) is 4.79 Å². The van der Waals surface area contributed by atoms with Gasteiger partial charge in [-0.2, -0.15) is 18.2 Å². The van der Waals surface area contributed by atoms with Crippen molar-refractivity contribution in [1.29, 1.82) is 0 Å². The van der Waals surface area contributed by atoms with E-state index >= 15 is 0 Å². The van der Waals surface area contributed by atoms with Crippen LogP contribution in [0.25, 0.3) is 11.4 Å². The molecule has 1 aromatic carbocycles. The molecule has 0 saturated carbocycles. The van der Waals surface area contributed by atoms with Gasteiger partial charge in [0, 0.05) is 17.7 Å². The second kappa shape index (κ2) is 5.81. The minimum atomic E-state index is -4.70. The number of hydrogen-bond acceptors (Lipinski definition) is 5. The molecule has 1 atom stereocenters. The number of alkyl halides is 3. The van der Waals surface area contributed by atoms with Gasteiger partial charge in [0.25, 0.3) is 5.91 Å². The molecule has 1 unspecified atom stereocenters. The molecule has 0 spiro atoms. The lowest BCUT2D eigenvalue weighted by Gasteiger charge is -2.19. The van der Waals surface area contributed by atoms with E-state index in [1.165, 1.54) is 6.07 Å². The molecule has 1 N–H and O–H groups in total. The van der Waals surface area contributed by atoms with E-state index in [0.717, 1.165) is 5.56 Å². The minimum absolute atomic E-state index is 0.0680. The number of nitrogens with zero attached hydrogens (tertiary/aromatic N) is 2. The zero-order chi connectivity index (χ0) is 17.5. The van der Waals surface area contributed by atoms with Gasteiger partial charge < -0.3 is 14.6 Å². The molecule has 1 aliphatic heterocycles. The van der Waals surface area contributed by atoms with Crippen molar-refractivity contribution in [1.82, 2.24) is 15.5 Å². The molecule has 0 saturated heterocycles. The molecular formula is C15H14F3N3O3. The first kappa shape index (κ1) is 16.3. The summed E-state index contributed by atoms with van der Waals surface area (Å²) in [6.45, 7) is 3.96. The highest BCUT2D eigenvalue weighted by Gasteiger charge is 2.38. The Kier molecular flexibility index (Phi) is 3.94. The topological polar surface area (TPSA) is 77.2 Å². The smallest absolute Gasteiger partial charge is 0.471 e. The fraction of sp³-hybridized carbons (Fsp3) is 0.400. The van der Waals surface area contributed by atoms with Crippen molar-refractivity contribution in [3.8, 4) is 17.1 Å². The van der Waals surface area contributed by atoms with Crippen LogP contribution in [-0.4, -0.2) is 22.2 Å². The molecule has 9 heteroatoms. The van der Waals surface area contributed by atoms with E-state index in [0.29, 0.717) is 11.3 Å². The molecule has 0 bridgehead atoms. The standard InChI is InChI=1S/C15H14F3N3O3/c1-7(2)11-13(22)19-6-9-4-3-8(5-10(9)23-11)12-20-14(24-21-12)15(16,17)18/h3-5,7,11H,6H2,1-2H3,(H,19,22). The summed E-state index contributed by atoms with van der Waals surface area (Å²) < 4.78 is 47.7. The predicted octanol–water partition coefficient (Wildman–Crippen LogP) is 2.79. The number of nitrogens with one attached hydrogen (secondary N) is 1. The van der Waals surface area contributed by atoms with Crippen LogP contribution in [0.15, 0.2) is 22.7 Å². The molecule has 3 rings (SSSR count). The molecule has 0 radical (unpaired) electrons. The summed E-state index contributed by atoms with van der Waals surface area (Å²) in [7, 11) is 0. The van der Waals surface area contributed by atoms with E-state index < -0.39 is 18.2 Å². The summed E-state index contributed by atoms with van der Waals surface area (Å²) in [5, 5.41) is 6.10. The van der Waals surface area contributed by atoms with Crippen LogP contribution in [0, 0.1) is 5.92 Å². The van der Waals surface area contributed by atoms with Crippen LogP contribution >= 0.6 is 0 Å². The molecule has 1 amide bonds. The lowest BCUT2D eigenvalue weighted by Crippen LogP contribution is -2.39. The monoisotopic (exact) mass is 341 g/mol. The number of aromatic nitrogens is 2. The van der Waals surface area contributed by atoms with Crippen molar-refractivity contribution >= 4 is 5.91 Å². The van der Waals surface area contributed by atoms with Gasteiger partial charge >= 0.3 is 12.1 Å². The van der Waals surface area contributed by atoms with Gasteiger partial charge in [-0.05, 0) is 12.0 Å². The summed E-state index contributed by atoms with van der Waals surface area (Å²) in [6.07, 6.45) is -5.38. The SMILES string of the molecule is CC(C)C1Oc2cc(-c3noc(C(F)(F)F)n3)ccc2CNC1=O. The van der Waals surface area contributed by atoms with Crippen LogP contribution < -0.4 is 10.1 Å². The number of carbonyl (C=O) groups excluding carboxylic acids is 1. The summed E-state index contributed by atoms with van der Waals surface area (Å²) in [5.41, 5.74) is 1.03. The van der Waals surface area contributed by atoms with E-state index in [9.17, 15) is 18.0 Å². The maximum Gasteiger partial charge on any atom is 0.471 e. The average molecular weight is 341 g/mol. The van der Waals surface area contributed by atoms with Crippen molar-refractivity contribution in [2.45, 2.75) is 32.7 Å². The summed E-state index contributed by atoms with van der Waals surface area (Å²) in [6, 6.07) is 4.71. The van der Waals surface area contributed by atoms with E-state index in [1.807, 2.05) is 13.8 Å². The van der Waals surface area contributed by atoms with Gasteiger partial charge in [0.05, 0.1) is 0 Å². The summed E-state index contributed by atoms with van der Waals surface area (Å²) in [5.74, 6) is -1.50. The fourth-order valence-corrected chi connectivity index (χ4v) is 2.32. The third kappa shape index (κ3) is 3.06. The lowest BCUT2D eigenvalue weighted by atomic mass is 10.1. The third-order valence-electron chi connectivity index (χ3n) is 3.56. The number of rotatable bonds is 2. The number of amides is 1. The van der Waals surface area contributed by atoms with Gasteiger partial charge in [-0.1, -0.05) is 31.1 Å². The van der Waals surface area contributed by atoms with Gasteiger partial charge in [-0.15, -0.1) is 0 Å². The van der Waals surface area contributed by atoms with Crippen LogP contribution in [-0.2, 0) is 17.5 Å². The van der Waals surface area contributed by atoms with Gasteiger partial charge in [0.1, 0.15) is 5.75 Å². The van der Waals surface area contributed by atoms with Crippen LogP contribution in [0.1, 0.15) is 25.3 Å². The highest BCUT2D eigenvalue weighted by atomic mass is 19.4. The van der Waals surface area contributed by atoms with Gasteiger partial charge in [0.15, 0.2) is 6.10 Å². The molecule has 128 valence electrons. The Hall–Kier alpha value is -2.58. The second-order valence-corrected chi connectivity index (χ2v) is 5.74. The number of carbonyl (C=O) groups is 1. The van der Waals surface area contributed by atoms with Crippen molar-refractivity contribution in [3.05, 3.63) is 29.7 Å². The molecule has 6 nitrogen and oxygen atoms in total. The van der Waals surface area contributed by atoms with E-state index in [-0.39, 0.29) is 24.2 Å². The fourth-order valence-electron chi connectivity index (χ4n) is 2.32. The Balaban J connectivity index is 1.95. The largest absolute Gasteiger partial charge is 0.480 e. The average Bonchev–Trinajstić information content (AvgIpc) is 2.94. The predicted molar refractivity (Wildman–Crippen MR) is 75.8 cm³/mol. The summed E-state index contributed by atoms with van der Waals surface area (Å²) >= 11 is 0. The Morgan fingerprint density at radius 1 is 1.33 bits per heavy atom. The Bertz CT molecular complexity index is 771. The number of halogens is 3. The van der Waals surface area contributed by atoms with E-state index in [1.54, 1.807) is 12.1 Å². The van der Waals surface area contributed by atoms with Crippen molar-refractivity contribution in [2.24, 2.45) is 5.92 Å². The number of ether oxygens (including phenoxy) is 1. The van der Waals surface area contributed by atoms with Crippen molar-refractivity contribution in [3.63, 3.8) is 0 Å². The van der Waals surface area contributed by atoms with Gasteiger partial charge in [-0.25, -0.2) is 0 Å². The minimum Gasteiger partial charge on any atom is -0.480 e. The molecule has 2 aromatic rings. The molecule has 1 aromatic heterocycles. The highest BCUT2D eigenvalue weighted by molar-refractivity contribution is 5.82. The maximum absolute atomic E-state index is 12.6. The Labute approximate surface area is 135 Å². The quantitative estimate of drug-likeness (QED) is 0.909. The number of hydrogen-bond donors (Lipinski definition) is 1. The first-order chi connectivity index (χ1) is 11.3. The molecule has 24 heavy (non-hydrogen) atoms. The molecular weight excluding hydrogens is 327 g/mol. The van der Waals surface area contributed by atoms with E-state index in [4.69, 9.17) is 4.74 Å². The zero-order valence-corrected chi connectivity index (χ0v) is 12.8. The van der Waals surface area contributed by atoms with Crippen LogP contribution in [0.3, 0.4) is 0 Å². The van der Waals surface area contributed by atoms with Crippen LogP contribution in [0.5, 0.6) is 5.75 Å². The van der Waals surface area contributed by atoms with Crippen molar-refractivity contribution < 1.29 is 27.2 Å². The maximum atomic E-state index is 12.6. The molecule has 2 heterocycles. The highest BCUT2D eigenvalue weighted by Crippen LogP contribution is 2.32. The third-order valence-corrected chi connectivity index (χ3v) is 3.56. The van der Waals surface area contributed by atoms with Crippen LogP contribution in [0.4, 0.5) is 13.2 Å². The molecule has 1 aliphatic rings. The van der Waals surface area contributed by atoms with E-state index in [2.05, 4.69) is 20.0 Å². The number of fused-ring (bicyclic) bond motifs is 1. The molecule has 0 fully saturated rings. The van der Waals surface area contributed by atoms with Gasteiger partial charge in [0.2, 0.25) is 5.82 Å². The first-order valence-electron chi connectivity index (χ1n) is 7.24. The Morgan fingerprint density at radius 2 is 2.08 bits per heavy atom. The normalized spacial score (nSPS) is 17.9. The molecule has 0 aliphatic carbocycles. The lowest BCUT2D eigenvalue weighted by molar-refractivity contribution is -0.159. The van der Waals surface area contributed by atoms with Crippen molar-refractivity contribution in [2.75, 3.05) is 0 Å². The first-order valence-corrected chi connectivity index (χ1v) is 7.24.